The van der Waals surface area contributed by atoms with Gasteiger partial charge >= 0.3 is 6.03 Å². The van der Waals surface area contributed by atoms with Crippen LogP contribution in [-0.2, 0) is 11.3 Å². The van der Waals surface area contributed by atoms with Gasteiger partial charge in [-0.2, -0.15) is 0 Å². The van der Waals surface area contributed by atoms with Crippen LogP contribution in [0.2, 0.25) is 0 Å². The van der Waals surface area contributed by atoms with Crippen molar-refractivity contribution in [1.82, 2.24) is 15.5 Å². The van der Waals surface area contributed by atoms with Crippen molar-refractivity contribution in [2.45, 2.75) is 19.4 Å². The molecule has 2 atom stereocenters. The predicted octanol–water partition coefficient (Wildman–Crippen LogP) is 2.77. The van der Waals surface area contributed by atoms with E-state index in [0.717, 1.165) is 11.1 Å². The summed E-state index contributed by atoms with van der Waals surface area (Å²) in [7, 11) is 3.21. The van der Waals surface area contributed by atoms with Gasteiger partial charge in [0.1, 0.15) is 11.5 Å². The van der Waals surface area contributed by atoms with E-state index in [1.807, 2.05) is 55.5 Å². The van der Waals surface area contributed by atoms with Gasteiger partial charge in [0.15, 0.2) is 0 Å². The number of carbonyl (C=O) groups excluding carboxylic acids is 2. The fourth-order valence-electron chi connectivity index (χ4n) is 3.86. The normalized spacial score (nSPS) is 18.0. The fraction of sp³-hybridized carbons (Fsp3) is 0.391. The molecular weight excluding hydrogens is 382 g/mol. The van der Waals surface area contributed by atoms with E-state index in [1.165, 1.54) is 0 Å². The molecule has 0 aromatic heterocycles. The summed E-state index contributed by atoms with van der Waals surface area (Å²) in [6.07, 6.45) is 0. The number of hydrogen-bond donors (Lipinski definition) is 2. The summed E-state index contributed by atoms with van der Waals surface area (Å²) in [5.74, 6) is 0.691. The largest absolute Gasteiger partial charge is 0.497 e. The SMILES string of the molecule is CCNC(=O)N1C[C@H](C(=O)NCc2ccccc2)[C@H](c2cc(OC)ccc2OC)C1. The molecule has 0 saturated carbocycles. The van der Waals surface area contributed by atoms with Gasteiger partial charge in [0.05, 0.1) is 20.1 Å². The van der Waals surface area contributed by atoms with E-state index in [1.54, 1.807) is 19.1 Å². The third-order valence-electron chi connectivity index (χ3n) is 5.42. The summed E-state index contributed by atoms with van der Waals surface area (Å²) in [5, 5.41) is 5.86. The van der Waals surface area contributed by atoms with Crippen LogP contribution in [0.4, 0.5) is 4.79 Å². The second kappa shape index (κ2) is 10.0. The number of ether oxygens (including phenoxy) is 2. The van der Waals surface area contributed by atoms with Crippen molar-refractivity contribution in [3.63, 3.8) is 0 Å². The lowest BCUT2D eigenvalue weighted by atomic mass is 9.87. The van der Waals surface area contributed by atoms with Crippen LogP contribution in [0.5, 0.6) is 11.5 Å². The maximum absolute atomic E-state index is 13.1. The van der Waals surface area contributed by atoms with Gasteiger partial charge in [-0.1, -0.05) is 30.3 Å². The average molecular weight is 412 g/mol. The number of methoxy groups -OCH3 is 2. The van der Waals surface area contributed by atoms with Crippen LogP contribution in [0.25, 0.3) is 0 Å². The molecule has 1 fully saturated rings. The Morgan fingerprint density at radius 1 is 1.03 bits per heavy atom. The van der Waals surface area contributed by atoms with Crippen LogP contribution in [0.3, 0.4) is 0 Å². The Kier molecular flexibility index (Phi) is 7.17. The Bertz CT molecular complexity index is 872. The number of likely N-dealkylation sites (tertiary alicyclic amines) is 1. The molecule has 1 saturated heterocycles. The number of nitrogens with one attached hydrogen (secondary N) is 2. The molecule has 2 aromatic carbocycles. The van der Waals surface area contributed by atoms with Gasteiger partial charge in [-0.3, -0.25) is 4.79 Å². The summed E-state index contributed by atoms with van der Waals surface area (Å²) in [6.45, 7) is 3.63. The molecule has 0 aliphatic carbocycles. The number of urea groups is 1. The molecule has 1 aliphatic heterocycles. The minimum atomic E-state index is -0.391. The summed E-state index contributed by atoms with van der Waals surface area (Å²) in [6, 6.07) is 15.2. The highest BCUT2D eigenvalue weighted by atomic mass is 16.5. The molecule has 7 heteroatoms. The van der Waals surface area contributed by atoms with Gasteiger partial charge < -0.3 is 25.0 Å². The lowest BCUT2D eigenvalue weighted by Crippen LogP contribution is -2.39. The Labute approximate surface area is 177 Å². The van der Waals surface area contributed by atoms with Crippen molar-refractivity contribution < 1.29 is 19.1 Å². The average Bonchev–Trinajstić information content (AvgIpc) is 3.23. The summed E-state index contributed by atoms with van der Waals surface area (Å²) < 4.78 is 10.9. The number of carbonyl (C=O) groups is 2. The van der Waals surface area contributed by atoms with Crippen molar-refractivity contribution in [3.8, 4) is 11.5 Å². The number of amides is 3. The molecule has 0 spiro atoms. The van der Waals surface area contributed by atoms with Gasteiger partial charge in [0.25, 0.3) is 0 Å². The highest BCUT2D eigenvalue weighted by Crippen LogP contribution is 2.39. The van der Waals surface area contributed by atoms with E-state index in [2.05, 4.69) is 10.6 Å². The number of rotatable bonds is 7. The minimum Gasteiger partial charge on any atom is -0.497 e. The lowest BCUT2D eigenvalue weighted by molar-refractivity contribution is -0.125. The van der Waals surface area contributed by atoms with Gasteiger partial charge in [-0.05, 0) is 30.7 Å². The predicted molar refractivity (Wildman–Crippen MR) is 115 cm³/mol. The zero-order valence-electron chi connectivity index (χ0n) is 17.7. The maximum Gasteiger partial charge on any atom is 0.317 e. The minimum absolute atomic E-state index is 0.0828. The van der Waals surface area contributed by atoms with Crippen LogP contribution in [0.1, 0.15) is 24.0 Å². The monoisotopic (exact) mass is 411 g/mol. The highest BCUT2D eigenvalue weighted by molar-refractivity contribution is 5.83. The van der Waals surface area contributed by atoms with Crippen molar-refractivity contribution in [3.05, 3.63) is 59.7 Å². The zero-order chi connectivity index (χ0) is 21.5. The molecule has 2 aromatic rings. The maximum atomic E-state index is 13.1. The summed E-state index contributed by atoms with van der Waals surface area (Å²) in [5.41, 5.74) is 1.89. The van der Waals surface area contributed by atoms with Gasteiger partial charge in [0.2, 0.25) is 5.91 Å². The Morgan fingerprint density at radius 3 is 2.47 bits per heavy atom. The summed E-state index contributed by atoms with van der Waals surface area (Å²) in [4.78, 5) is 27.3. The fourth-order valence-corrected chi connectivity index (χ4v) is 3.86. The van der Waals surface area contributed by atoms with Gasteiger partial charge in [-0.25, -0.2) is 4.79 Å². The first-order valence-electron chi connectivity index (χ1n) is 10.1. The third-order valence-corrected chi connectivity index (χ3v) is 5.42. The first-order valence-corrected chi connectivity index (χ1v) is 10.1. The van der Waals surface area contributed by atoms with Crippen LogP contribution in [0.15, 0.2) is 48.5 Å². The molecule has 7 nitrogen and oxygen atoms in total. The van der Waals surface area contributed by atoms with E-state index >= 15 is 0 Å². The second-order valence-corrected chi connectivity index (χ2v) is 7.26. The molecule has 0 radical (unpaired) electrons. The van der Waals surface area contributed by atoms with E-state index in [9.17, 15) is 9.59 Å². The highest BCUT2D eigenvalue weighted by Gasteiger charge is 2.41. The Hall–Kier alpha value is -3.22. The van der Waals surface area contributed by atoms with Crippen molar-refractivity contribution in [1.29, 1.82) is 0 Å². The zero-order valence-corrected chi connectivity index (χ0v) is 17.7. The molecule has 1 aliphatic rings. The third kappa shape index (κ3) is 4.84. The summed E-state index contributed by atoms with van der Waals surface area (Å²) >= 11 is 0. The Morgan fingerprint density at radius 2 is 1.80 bits per heavy atom. The van der Waals surface area contributed by atoms with E-state index < -0.39 is 5.92 Å². The van der Waals surface area contributed by atoms with Crippen molar-refractivity contribution in [2.75, 3.05) is 33.9 Å². The number of benzene rings is 2. The molecule has 3 rings (SSSR count). The smallest absolute Gasteiger partial charge is 0.317 e. The topological polar surface area (TPSA) is 79.9 Å². The van der Waals surface area contributed by atoms with Gasteiger partial charge in [0, 0.05) is 37.7 Å². The first kappa shape index (κ1) is 21.5. The molecular formula is C23H29N3O4. The standard InChI is InChI=1S/C23H29N3O4/c1-4-24-23(28)26-14-19(18-12-17(29-2)10-11-21(18)30-3)20(15-26)22(27)25-13-16-8-6-5-7-9-16/h5-12,19-20H,4,13-15H2,1-3H3,(H,24,28)(H,25,27)/t19-,20-/m0/s1. The molecule has 30 heavy (non-hydrogen) atoms. The van der Waals surface area contributed by atoms with Gasteiger partial charge in [-0.15, -0.1) is 0 Å². The van der Waals surface area contributed by atoms with E-state index in [0.29, 0.717) is 37.7 Å². The van der Waals surface area contributed by atoms with E-state index in [-0.39, 0.29) is 17.9 Å². The lowest BCUT2D eigenvalue weighted by Gasteiger charge is -2.21. The molecule has 160 valence electrons. The van der Waals surface area contributed by atoms with Crippen LogP contribution in [-0.4, -0.2) is 50.7 Å². The molecule has 1 heterocycles. The first-order chi connectivity index (χ1) is 14.6. The molecule has 0 bridgehead atoms. The number of nitrogens with zero attached hydrogens (tertiary/aromatic N) is 1. The van der Waals surface area contributed by atoms with Crippen LogP contribution < -0.4 is 20.1 Å². The quantitative estimate of drug-likeness (QED) is 0.734. The van der Waals surface area contributed by atoms with Crippen molar-refractivity contribution in [2.24, 2.45) is 5.92 Å². The Balaban J connectivity index is 1.85. The number of hydrogen-bond acceptors (Lipinski definition) is 4. The molecule has 2 N–H and O–H groups in total. The second-order valence-electron chi connectivity index (χ2n) is 7.26. The van der Waals surface area contributed by atoms with Crippen LogP contribution in [0, 0.1) is 5.92 Å². The molecule has 0 unspecified atom stereocenters. The van der Waals surface area contributed by atoms with E-state index in [4.69, 9.17) is 9.47 Å². The molecule has 3 amide bonds. The van der Waals surface area contributed by atoms with Crippen LogP contribution >= 0.6 is 0 Å². The van der Waals surface area contributed by atoms with Crippen molar-refractivity contribution >= 4 is 11.9 Å².